The summed E-state index contributed by atoms with van der Waals surface area (Å²) < 4.78 is 3.24. The summed E-state index contributed by atoms with van der Waals surface area (Å²) in [6.45, 7) is 0.745. The first-order valence-electron chi connectivity index (χ1n) is 8.99. The van der Waals surface area contributed by atoms with Crippen LogP contribution in [0.15, 0.2) is 59.7 Å². The fourth-order valence-electron chi connectivity index (χ4n) is 3.25. The van der Waals surface area contributed by atoms with E-state index >= 15 is 0 Å². The third-order valence-corrected chi connectivity index (χ3v) is 4.72. The van der Waals surface area contributed by atoms with Crippen LogP contribution in [0.2, 0.25) is 0 Å². The second kappa shape index (κ2) is 7.51. The van der Waals surface area contributed by atoms with Crippen molar-refractivity contribution in [2.24, 2.45) is 7.05 Å². The van der Waals surface area contributed by atoms with Gasteiger partial charge in [-0.05, 0) is 23.8 Å². The van der Waals surface area contributed by atoms with Gasteiger partial charge in [0.05, 0.1) is 11.0 Å². The molecule has 1 amide bonds. The molecule has 0 fully saturated rings. The lowest BCUT2D eigenvalue weighted by Crippen LogP contribution is -2.27. The van der Waals surface area contributed by atoms with Gasteiger partial charge in [-0.2, -0.15) is 5.10 Å². The summed E-state index contributed by atoms with van der Waals surface area (Å²) in [4.78, 5) is 28.8. The molecule has 0 radical (unpaired) electrons. The quantitative estimate of drug-likeness (QED) is 0.536. The number of H-pyrrole nitrogens is 1. The van der Waals surface area contributed by atoms with Crippen molar-refractivity contribution >= 4 is 16.9 Å². The largest absolute Gasteiger partial charge is 0.352 e. The van der Waals surface area contributed by atoms with E-state index < -0.39 is 0 Å². The Morgan fingerprint density at radius 2 is 1.96 bits per heavy atom. The van der Waals surface area contributed by atoms with Crippen molar-refractivity contribution in [2.45, 2.75) is 19.5 Å². The number of amides is 1. The summed E-state index contributed by atoms with van der Waals surface area (Å²) in [5.74, 6) is 0.577. The maximum atomic E-state index is 12.4. The summed E-state index contributed by atoms with van der Waals surface area (Å²) in [6, 6.07) is 15.3. The molecule has 28 heavy (non-hydrogen) atoms. The van der Waals surface area contributed by atoms with E-state index in [4.69, 9.17) is 0 Å². The highest BCUT2D eigenvalue weighted by Gasteiger charge is 2.11. The molecule has 0 spiro atoms. The van der Waals surface area contributed by atoms with Gasteiger partial charge in [0.1, 0.15) is 6.33 Å². The summed E-state index contributed by atoms with van der Waals surface area (Å²) >= 11 is 0. The number of para-hydroxylation sites is 2. The standard InChI is InChI=1S/C20H20N6O2/c1-25-16-7-2-3-8-17(16)26(20(25)28)10-9-18(27)21-12-14-5-4-6-15(11-14)19-22-13-23-24-19/h2-8,11,13H,9-10,12H2,1H3,(H,21,27)(H,22,23,24). The maximum Gasteiger partial charge on any atom is 0.328 e. The Kier molecular flexibility index (Phi) is 4.76. The number of aromatic amines is 1. The molecule has 0 aliphatic heterocycles. The molecule has 2 heterocycles. The Morgan fingerprint density at radius 1 is 1.14 bits per heavy atom. The van der Waals surface area contributed by atoms with Crippen molar-refractivity contribution in [3.05, 3.63) is 70.9 Å². The molecular formula is C20H20N6O2. The number of aryl methyl sites for hydroxylation is 2. The van der Waals surface area contributed by atoms with Crippen molar-refractivity contribution in [3.8, 4) is 11.4 Å². The molecular weight excluding hydrogens is 356 g/mol. The van der Waals surface area contributed by atoms with Gasteiger partial charge in [-0.15, -0.1) is 0 Å². The number of carbonyl (C=O) groups is 1. The number of hydrogen-bond acceptors (Lipinski definition) is 4. The molecule has 2 aromatic heterocycles. The van der Waals surface area contributed by atoms with E-state index in [-0.39, 0.29) is 18.0 Å². The minimum absolute atomic E-state index is 0.107. The van der Waals surface area contributed by atoms with Gasteiger partial charge in [0.25, 0.3) is 0 Å². The van der Waals surface area contributed by atoms with E-state index in [0.29, 0.717) is 18.9 Å². The molecule has 2 N–H and O–H groups in total. The zero-order valence-corrected chi connectivity index (χ0v) is 15.4. The molecule has 0 atom stereocenters. The second-order valence-electron chi connectivity index (χ2n) is 6.54. The molecule has 0 aliphatic carbocycles. The zero-order valence-electron chi connectivity index (χ0n) is 15.4. The number of rotatable bonds is 6. The van der Waals surface area contributed by atoms with Gasteiger partial charge in [0, 0.05) is 32.1 Å². The molecule has 4 rings (SSSR count). The number of hydrogen-bond donors (Lipinski definition) is 2. The van der Waals surface area contributed by atoms with Crippen LogP contribution in [0.3, 0.4) is 0 Å². The van der Waals surface area contributed by atoms with E-state index in [1.54, 1.807) is 16.2 Å². The van der Waals surface area contributed by atoms with E-state index in [1.165, 1.54) is 6.33 Å². The van der Waals surface area contributed by atoms with Gasteiger partial charge in [0.2, 0.25) is 5.91 Å². The van der Waals surface area contributed by atoms with Gasteiger partial charge in [-0.1, -0.05) is 30.3 Å². The lowest BCUT2D eigenvalue weighted by molar-refractivity contribution is -0.121. The number of benzene rings is 2. The van der Waals surface area contributed by atoms with Crippen molar-refractivity contribution in [2.75, 3.05) is 0 Å². The van der Waals surface area contributed by atoms with E-state index in [0.717, 1.165) is 22.2 Å². The Balaban J connectivity index is 1.39. The number of nitrogens with one attached hydrogen (secondary N) is 2. The Labute approximate surface area is 160 Å². The molecule has 0 saturated heterocycles. The normalized spacial score (nSPS) is 11.0. The first-order valence-corrected chi connectivity index (χ1v) is 8.99. The lowest BCUT2D eigenvalue weighted by Gasteiger charge is -2.07. The predicted octanol–water partition coefficient (Wildman–Crippen LogP) is 1.83. The van der Waals surface area contributed by atoms with E-state index in [9.17, 15) is 9.59 Å². The minimum Gasteiger partial charge on any atom is -0.352 e. The third kappa shape index (κ3) is 3.44. The van der Waals surface area contributed by atoms with Crippen LogP contribution in [0.1, 0.15) is 12.0 Å². The van der Waals surface area contributed by atoms with Crippen molar-refractivity contribution in [1.82, 2.24) is 29.6 Å². The molecule has 4 aromatic rings. The predicted molar refractivity (Wildman–Crippen MR) is 105 cm³/mol. The summed E-state index contributed by atoms with van der Waals surface area (Å²) in [5, 5.41) is 9.58. The van der Waals surface area contributed by atoms with Crippen LogP contribution >= 0.6 is 0 Å². The maximum absolute atomic E-state index is 12.4. The zero-order chi connectivity index (χ0) is 19.5. The number of nitrogens with zero attached hydrogens (tertiary/aromatic N) is 4. The molecule has 142 valence electrons. The second-order valence-corrected chi connectivity index (χ2v) is 6.54. The van der Waals surface area contributed by atoms with E-state index in [1.807, 2.05) is 48.5 Å². The summed E-state index contributed by atoms with van der Waals surface area (Å²) in [6.07, 6.45) is 1.69. The molecule has 8 nitrogen and oxygen atoms in total. The van der Waals surface area contributed by atoms with Gasteiger partial charge >= 0.3 is 5.69 Å². The lowest BCUT2D eigenvalue weighted by atomic mass is 10.1. The Bertz CT molecular complexity index is 1170. The Hall–Kier alpha value is -3.68. The van der Waals surface area contributed by atoms with Crippen LogP contribution < -0.4 is 11.0 Å². The number of aromatic nitrogens is 5. The summed E-state index contributed by atoms with van der Waals surface area (Å²) in [7, 11) is 1.74. The first-order chi connectivity index (χ1) is 13.6. The smallest absolute Gasteiger partial charge is 0.328 e. The third-order valence-electron chi connectivity index (χ3n) is 4.72. The fraction of sp³-hybridized carbons (Fsp3) is 0.200. The van der Waals surface area contributed by atoms with Crippen molar-refractivity contribution in [1.29, 1.82) is 0 Å². The van der Waals surface area contributed by atoms with Gasteiger partial charge in [-0.25, -0.2) is 9.78 Å². The van der Waals surface area contributed by atoms with Gasteiger partial charge in [-0.3, -0.25) is 19.0 Å². The van der Waals surface area contributed by atoms with Crippen molar-refractivity contribution in [3.63, 3.8) is 0 Å². The van der Waals surface area contributed by atoms with Crippen LogP contribution in [0, 0.1) is 0 Å². The number of imidazole rings is 1. The highest BCUT2D eigenvalue weighted by Crippen LogP contribution is 2.15. The minimum atomic E-state index is -0.117. The van der Waals surface area contributed by atoms with Crippen LogP contribution in [-0.4, -0.2) is 30.2 Å². The fourth-order valence-corrected chi connectivity index (χ4v) is 3.25. The summed E-state index contributed by atoms with van der Waals surface area (Å²) in [5.41, 5.74) is 3.45. The molecule has 0 unspecified atom stereocenters. The molecule has 8 heteroatoms. The number of carbonyl (C=O) groups excluding carboxylic acids is 1. The van der Waals surface area contributed by atoms with Gasteiger partial charge in [0.15, 0.2) is 5.82 Å². The highest BCUT2D eigenvalue weighted by atomic mass is 16.2. The first kappa shape index (κ1) is 17.7. The average molecular weight is 376 g/mol. The molecule has 0 bridgehead atoms. The Morgan fingerprint density at radius 3 is 2.75 bits per heavy atom. The van der Waals surface area contributed by atoms with Crippen LogP contribution in [-0.2, 0) is 24.9 Å². The van der Waals surface area contributed by atoms with Crippen LogP contribution in [0.25, 0.3) is 22.4 Å². The monoisotopic (exact) mass is 376 g/mol. The topological polar surface area (TPSA) is 97.6 Å². The molecule has 0 aliphatic rings. The van der Waals surface area contributed by atoms with Crippen LogP contribution in [0.5, 0.6) is 0 Å². The van der Waals surface area contributed by atoms with Crippen LogP contribution in [0.4, 0.5) is 0 Å². The van der Waals surface area contributed by atoms with E-state index in [2.05, 4.69) is 20.5 Å². The number of fused-ring (bicyclic) bond motifs is 1. The van der Waals surface area contributed by atoms with Gasteiger partial charge < -0.3 is 5.32 Å². The highest BCUT2D eigenvalue weighted by molar-refractivity contribution is 5.78. The van der Waals surface area contributed by atoms with Crippen molar-refractivity contribution < 1.29 is 4.79 Å². The molecule has 2 aromatic carbocycles. The average Bonchev–Trinajstić information content (AvgIpc) is 3.34. The molecule has 0 saturated carbocycles. The SMILES string of the molecule is Cn1c(=O)n(CCC(=O)NCc2cccc(-c3ncn[nH]3)c2)c2ccccc21.